The number of carboxylic acids is 1. The molecule has 0 spiro atoms. The van der Waals surface area contributed by atoms with Gasteiger partial charge in [-0.05, 0) is 31.5 Å². The first-order valence-electron chi connectivity index (χ1n) is 5.99. The van der Waals surface area contributed by atoms with E-state index >= 15 is 0 Å². The van der Waals surface area contributed by atoms with E-state index in [0.29, 0.717) is 0 Å². The van der Waals surface area contributed by atoms with E-state index in [4.69, 9.17) is 5.11 Å². The molecule has 1 aromatic heterocycles. The van der Waals surface area contributed by atoms with Gasteiger partial charge >= 0.3 is 5.97 Å². The lowest BCUT2D eigenvalue weighted by molar-refractivity contribution is -0.136. The molecule has 0 atom stereocenters. The highest BCUT2D eigenvalue weighted by atomic mass is 16.4. The molecule has 0 unspecified atom stereocenters. The molecule has 0 bridgehead atoms. The van der Waals surface area contributed by atoms with Crippen LogP contribution in [0.3, 0.4) is 0 Å². The molecule has 4 heteroatoms. The summed E-state index contributed by atoms with van der Waals surface area (Å²) in [5.74, 6) is -0.844. The molecule has 0 fully saturated rings. The number of aliphatic carboxylic acids is 1. The smallest absolute Gasteiger partial charge is 0.307 e. The average Bonchev–Trinajstić information content (AvgIpc) is 2.29. The van der Waals surface area contributed by atoms with Crippen LogP contribution in [0.4, 0.5) is 0 Å². The molecule has 4 nitrogen and oxygen atoms in total. The molecule has 0 saturated carbocycles. The lowest BCUT2D eigenvalue weighted by atomic mass is 10.1. The molecule has 19 heavy (non-hydrogen) atoms. The Balaban J connectivity index is 2.43. The highest BCUT2D eigenvalue weighted by Crippen LogP contribution is 2.14. The average molecular weight is 257 g/mol. The van der Waals surface area contributed by atoms with Crippen LogP contribution in [-0.4, -0.2) is 15.6 Å². The van der Waals surface area contributed by atoms with Crippen molar-refractivity contribution in [1.82, 2.24) is 4.57 Å². The zero-order valence-corrected chi connectivity index (χ0v) is 10.9. The van der Waals surface area contributed by atoms with Gasteiger partial charge in [-0.15, -0.1) is 0 Å². The first-order chi connectivity index (χ1) is 8.97. The van der Waals surface area contributed by atoms with Crippen molar-refractivity contribution in [2.75, 3.05) is 0 Å². The topological polar surface area (TPSA) is 59.3 Å². The Hall–Kier alpha value is -2.36. The monoisotopic (exact) mass is 257 g/mol. The third-order valence-corrected chi connectivity index (χ3v) is 2.96. The van der Waals surface area contributed by atoms with Crippen molar-refractivity contribution in [2.45, 2.75) is 20.3 Å². The number of carboxylic acid groups (broad SMARTS) is 1. The minimum absolute atomic E-state index is 0.00579. The summed E-state index contributed by atoms with van der Waals surface area (Å²) in [5, 5.41) is 8.73. The highest BCUT2D eigenvalue weighted by molar-refractivity contribution is 5.70. The molecule has 1 N–H and O–H groups in total. The Kier molecular flexibility index (Phi) is 3.51. The van der Waals surface area contributed by atoms with Crippen molar-refractivity contribution >= 4 is 5.97 Å². The van der Waals surface area contributed by atoms with E-state index in [9.17, 15) is 9.59 Å². The first-order valence-corrected chi connectivity index (χ1v) is 5.99. The Morgan fingerprint density at radius 1 is 1.11 bits per heavy atom. The predicted molar refractivity (Wildman–Crippen MR) is 72.9 cm³/mol. The van der Waals surface area contributed by atoms with Crippen LogP contribution in [0.5, 0.6) is 0 Å². The van der Waals surface area contributed by atoms with Gasteiger partial charge in [-0.3, -0.25) is 9.59 Å². The number of pyridine rings is 1. The zero-order chi connectivity index (χ0) is 14.0. The number of aromatic nitrogens is 1. The van der Waals surface area contributed by atoms with Crippen LogP contribution in [0.25, 0.3) is 5.69 Å². The standard InChI is InChI=1S/C15H15NO3/c1-10-7-14(17)8-11(2)16(10)13-5-3-12(4-6-13)9-15(18)19/h3-8H,9H2,1-2H3,(H,18,19). The summed E-state index contributed by atoms with van der Waals surface area (Å²) < 4.78 is 1.96. The summed E-state index contributed by atoms with van der Waals surface area (Å²) >= 11 is 0. The maximum Gasteiger partial charge on any atom is 0.307 e. The number of hydrogen-bond acceptors (Lipinski definition) is 2. The molecule has 0 saturated heterocycles. The van der Waals surface area contributed by atoms with Gasteiger partial charge in [-0.25, -0.2) is 0 Å². The third-order valence-electron chi connectivity index (χ3n) is 2.96. The van der Waals surface area contributed by atoms with E-state index < -0.39 is 5.97 Å². The first kappa shape index (κ1) is 13.1. The van der Waals surface area contributed by atoms with Crippen LogP contribution in [0.2, 0.25) is 0 Å². The van der Waals surface area contributed by atoms with Crippen molar-refractivity contribution < 1.29 is 9.90 Å². The third kappa shape index (κ3) is 2.91. The van der Waals surface area contributed by atoms with Crippen molar-refractivity contribution in [3.63, 3.8) is 0 Å². The minimum atomic E-state index is -0.844. The Morgan fingerprint density at radius 3 is 2.11 bits per heavy atom. The van der Waals surface area contributed by atoms with Gasteiger partial charge in [-0.1, -0.05) is 12.1 Å². The van der Waals surface area contributed by atoms with Crippen LogP contribution < -0.4 is 5.43 Å². The molecule has 1 heterocycles. The lowest BCUT2D eigenvalue weighted by Gasteiger charge is -2.14. The van der Waals surface area contributed by atoms with E-state index in [-0.39, 0.29) is 11.8 Å². The summed E-state index contributed by atoms with van der Waals surface area (Å²) in [6, 6.07) is 10.5. The largest absolute Gasteiger partial charge is 0.481 e. The van der Waals surface area contributed by atoms with Crippen molar-refractivity contribution in [3.05, 3.63) is 63.6 Å². The lowest BCUT2D eigenvalue weighted by Crippen LogP contribution is -2.11. The minimum Gasteiger partial charge on any atom is -0.481 e. The number of nitrogens with zero attached hydrogens (tertiary/aromatic N) is 1. The maximum absolute atomic E-state index is 11.4. The van der Waals surface area contributed by atoms with Crippen molar-refractivity contribution in [2.24, 2.45) is 0 Å². The van der Waals surface area contributed by atoms with Crippen LogP contribution in [0.15, 0.2) is 41.2 Å². The zero-order valence-electron chi connectivity index (χ0n) is 10.9. The van der Waals surface area contributed by atoms with Gasteiger partial charge in [0.1, 0.15) is 0 Å². The van der Waals surface area contributed by atoms with Crippen LogP contribution >= 0.6 is 0 Å². The summed E-state index contributed by atoms with van der Waals surface area (Å²) in [6.07, 6.45) is 0.0163. The number of benzene rings is 1. The van der Waals surface area contributed by atoms with E-state index in [2.05, 4.69) is 0 Å². The van der Waals surface area contributed by atoms with E-state index in [1.54, 1.807) is 24.3 Å². The van der Waals surface area contributed by atoms with Gasteiger partial charge in [0.2, 0.25) is 0 Å². The Labute approximate surface area is 110 Å². The van der Waals surface area contributed by atoms with Crippen molar-refractivity contribution in [3.8, 4) is 5.69 Å². The summed E-state index contributed by atoms with van der Waals surface area (Å²) in [6.45, 7) is 3.75. The molecule has 0 aliphatic carbocycles. The summed E-state index contributed by atoms with van der Waals surface area (Å²) in [4.78, 5) is 22.0. The quantitative estimate of drug-likeness (QED) is 0.915. The molecular weight excluding hydrogens is 242 g/mol. The fourth-order valence-corrected chi connectivity index (χ4v) is 2.21. The molecule has 0 amide bonds. The number of carbonyl (C=O) groups is 1. The summed E-state index contributed by atoms with van der Waals surface area (Å²) in [7, 11) is 0. The molecule has 0 radical (unpaired) electrons. The number of aryl methyl sites for hydroxylation is 2. The highest BCUT2D eigenvalue weighted by Gasteiger charge is 2.05. The normalized spacial score (nSPS) is 10.4. The number of hydrogen-bond donors (Lipinski definition) is 1. The predicted octanol–water partition coefficient (Wildman–Crippen LogP) is 2.08. The van der Waals surface area contributed by atoms with Gasteiger partial charge in [0.25, 0.3) is 0 Å². The maximum atomic E-state index is 11.4. The second kappa shape index (κ2) is 5.10. The fraction of sp³-hybridized carbons (Fsp3) is 0.200. The summed E-state index contributed by atoms with van der Waals surface area (Å²) in [5.41, 5.74) is 3.39. The SMILES string of the molecule is Cc1cc(=O)cc(C)n1-c1ccc(CC(=O)O)cc1. The van der Waals surface area contributed by atoms with Crippen LogP contribution in [-0.2, 0) is 11.2 Å². The van der Waals surface area contributed by atoms with Gasteiger partial charge in [0.05, 0.1) is 6.42 Å². The van der Waals surface area contributed by atoms with Gasteiger partial charge < -0.3 is 9.67 Å². The molecule has 2 aromatic rings. The van der Waals surface area contributed by atoms with Gasteiger partial charge in [-0.2, -0.15) is 0 Å². The molecular formula is C15H15NO3. The van der Waals surface area contributed by atoms with E-state index in [1.807, 2.05) is 30.5 Å². The molecule has 1 aromatic carbocycles. The molecule has 0 aliphatic rings. The van der Waals surface area contributed by atoms with Crippen molar-refractivity contribution in [1.29, 1.82) is 0 Å². The molecule has 2 rings (SSSR count). The van der Waals surface area contributed by atoms with Crippen LogP contribution in [0, 0.1) is 13.8 Å². The van der Waals surface area contributed by atoms with E-state index in [1.165, 1.54) is 0 Å². The number of rotatable bonds is 3. The second-order valence-electron chi connectivity index (χ2n) is 4.55. The molecule has 98 valence electrons. The Morgan fingerprint density at radius 2 is 1.63 bits per heavy atom. The fourth-order valence-electron chi connectivity index (χ4n) is 2.21. The molecule has 0 aliphatic heterocycles. The van der Waals surface area contributed by atoms with Gasteiger partial charge in [0.15, 0.2) is 5.43 Å². The van der Waals surface area contributed by atoms with E-state index in [0.717, 1.165) is 22.6 Å². The second-order valence-corrected chi connectivity index (χ2v) is 4.55. The van der Waals surface area contributed by atoms with Crippen LogP contribution in [0.1, 0.15) is 17.0 Å². The Bertz CT molecular complexity index is 643. The van der Waals surface area contributed by atoms with Gasteiger partial charge in [0, 0.05) is 29.2 Å².